The van der Waals surface area contributed by atoms with Gasteiger partial charge >= 0.3 is 0 Å². The van der Waals surface area contributed by atoms with Crippen LogP contribution in [0.25, 0.3) is 22.2 Å². The minimum absolute atomic E-state index is 0.256. The van der Waals surface area contributed by atoms with Gasteiger partial charge in [-0.1, -0.05) is 54.0 Å². The Morgan fingerprint density at radius 1 is 1.05 bits per heavy atom. The number of rotatable bonds is 2. The van der Waals surface area contributed by atoms with Gasteiger partial charge in [-0.25, -0.2) is 0 Å². The highest BCUT2D eigenvalue weighted by Gasteiger charge is 2.25. The second-order valence-corrected chi connectivity index (χ2v) is 6.11. The zero-order valence-electron chi connectivity index (χ0n) is 12.4. The third kappa shape index (κ3) is 2.40. The summed E-state index contributed by atoms with van der Waals surface area (Å²) in [4.78, 5) is 4.66. The van der Waals surface area contributed by atoms with E-state index >= 15 is 0 Å². The Morgan fingerprint density at radius 2 is 1.91 bits per heavy atom. The predicted molar refractivity (Wildman–Crippen MR) is 86.4 cm³/mol. The molecule has 1 fully saturated rings. The maximum absolute atomic E-state index is 6.06. The first kappa shape index (κ1) is 13.5. The molecular formula is C18H19N3O. The summed E-state index contributed by atoms with van der Waals surface area (Å²) >= 11 is 0. The first-order valence-electron chi connectivity index (χ1n) is 7.88. The summed E-state index contributed by atoms with van der Waals surface area (Å²) in [6, 6.07) is 14.7. The first-order valence-corrected chi connectivity index (χ1v) is 7.88. The smallest absolute Gasteiger partial charge is 0.230 e. The van der Waals surface area contributed by atoms with E-state index < -0.39 is 0 Å². The van der Waals surface area contributed by atoms with E-state index in [-0.39, 0.29) is 6.04 Å². The second-order valence-electron chi connectivity index (χ2n) is 6.11. The molecule has 0 amide bonds. The molecule has 0 saturated heterocycles. The van der Waals surface area contributed by atoms with E-state index in [0.717, 1.165) is 42.5 Å². The number of hydrogen-bond acceptors (Lipinski definition) is 4. The van der Waals surface area contributed by atoms with Crippen molar-refractivity contribution >= 4 is 10.8 Å². The molecule has 112 valence electrons. The molecule has 1 aliphatic carbocycles. The Bertz CT molecular complexity index is 790. The van der Waals surface area contributed by atoms with E-state index in [2.05, 4.69) is 28.3 Å². The van der Waals surface area contributed by atoms with Crippen LogP contribution in [0.3, 0.4) is 0 Å². The van der Waals surface area contributed by atoms with Crippen molar-refractivity contribution in [2.75, 3.05) is 0 Å². The summed E-state index contributed by atoms with van der Waals surface area (Å²) in [6.07, 6.45) is 4.26. The van der Waals surface area contributed by atoms with E-state index in [9.17, 15) is 0 Å². The highest BCUT2D eigenvalue weighted by molar-refractivity contribution is 5.94. The highest BCUT2D eigenvalue weighted by atomic mass is 16.5. The van der Waals surface area contributed by atoms with Gasteiger partial charge in [0, 0.05) is 17.5 Å². The Morgan fingerprint density at radius 3 is 2.82 bits per heavy atom. The molecule has 3 aromatic rings. The molecule has 0 spiro atoms. The zero-order chi connectivity index (χ0) is 14.9. The van der Waals surface area contributed by atoms with Gasteiger partial charge in [-0.15, -0.1) is 0 Å². The molecule has 4 heteroatoms. The summed E-state index contributed by atoms with van der Waals surface area (Å²) in [5.41, 5.74) is 7.09. The normalized spacial score (nSPS) is 22.0. The largest absolute Gasteiger partial charge is 0.339 e. The fourth-order valence-electron chi connectivity index (χ4n) is 3.38. The van der Waals surface area contributed by atoms with Gasteiger partial charge < -0.3 is 10.3 Å². The summed E-state index contributed by atoms with van der Waals surface area (Å²) in [6.45, 7) is 0. The fourth-order valence-corrected chi connectivity index (χ4v) is 3.38. The van der Waals surface area contributed by atoms with Gasteiger partial charge in [0.2, 0.25) is 11.7 Å². The van der Waals surface area contributed by atoms with Crippen LogP contribution in [-0.4, -0.2) is 16.2 Å². The van der Waals surface area contributed by atoms with Crippen molar-refractivity contribution in [2.45, 2.75) is 37.6 Å². The van der Waals surface area contributed by atoms with Crippen molar-refractivity contribution < 1.29 is 4.52 Å². The molecular weight excluding hydrogens is 274 g/mol. The SMILES string of the molecule is NC1CCCC(c2nc(-c3cccc4ccccc34)no2)C1. The van der Waals surface area contributed by atoms with E-state index in [0.29, 0.717) is 11.7 Å². The molecule has 0 radical (unpaired) electrons. The number of nitrogens with zero attached hydrogens (tertiary/aromatic N) is 2. The molecule has 22 heavy (non-hydrogen) atoms. The number of nitrogens with two attached hydrogens (primary N) is 1. The first-order chi connectivity index (χ1) is 10.8. The highest BCUT2D eigenvalue weighted by Crippen LogP contribution is 2.33. The van der Waals surface area contributed by atoms with Crippen molar-refractivity contribution in [1.82, 2.24) is 10.1 Å². The van der Waals surface area contributed by atoms with Crippen molar-refractivity contribution in [3.63, 3.8) is 0 Å². The van der Waals surface area contributed by atoms with E-state index in [4.69, 9.17) is 10.3 Å². The fraction of sp³-hybridized carbons (Fsp3) is 0.333. The lowest BCUT2D eigenvalue weighted by atomic mass is 9.86. The molecule has 2 aromatic carbocycles. The van der Waals surface area contributed by atoms with Crippen molar-refractivity contribution in [3.8, 4) is 11.4 Å². The Hall–Kier alpha value is -2.20. The molecule has 0 bridgehead atoms. The van der Waals surface area contributed by atoms with E-state index in [1.165, 1.54) is 5.39 Å². The molecule has 1 aliphatic rings. The van der Waals surface area contributed by atoms with Gasteiger partial charge in [-0.2, -0.15) is 4.98 Å². The van der Waals surface area contributed by atoms with Gasteiger partial charge in [0.05, 0.1) is 0 Å². The molecule has 0 aliphatic heterocycles. The van der Waals surface area contributed by atoms with Gasteiger partial charge in [-0.05, 0) is 30.0 Å². The van der Waals surface area contributed by atoms with Crippen LogP contribution in [0.15, 0.2) is 47.0 Å². The number of fused-ring (bicyclic) bond motifs is 1. The zero-order valence-corrected chi connectivity index (χ0v) is 12.4. The third-order valence-electron chi connectivity index (χ3n) is 4.54. The Balaban J connectivity index is 1.71. The van der Waals surface area contributed by atoms with Crippen LogP contribution in [0.4, 0.5) is 0 Å². The van der Waals surface area contributed by atoms with Crippen LogP contribution in [-0.2, 0) is 0 Å². The summed E-state index contributed by atoms with van der Waals surface area (Å²) in [5.74, 6) is 1.71. The maximum Gasteiger partial charge on any atom is 0.230 e. The average Bonchev–Trinajstić information content (AvgIpc) is 3.04. The molecule has 2 atom stereocenters. The molecule has 1 aromatic heterocycles. The number of benzene rings is 2. The summed E-state index contributed by atoms with van der Waals surface area (Å²) in [7, 11) is 0. The summed E-state index contributed by atoms with van der Waals surface area (Å²) in [5, 5.41) is 6.55. The standard InChI is InChI=1S/C18H19N3O/c19-14-8-3-7-13(11-14)18-20-17(21-22-18)16-10-4-6-12-5-1-2-9-15(12)16/h1-2,4-6,9-10,13-14H,3,7-8,11,19H2. The van der Waals surface area contributed by atoms with Crippen LogP contribution in [0.1, 0.15) is 37.5 Å². The minimum Gasteiger partial charge on any atom is -0.339 e. The van der Waals surface area contributed by atoms with E-state index in [1.807, 2.05) is 24.3 Å². The molecule has 1 saturated carbocycles. The van der Waals surface area contributed by atoms with Gasteiger partial charge in [0.15, 0.2) is 0 Å². The quantitative estimate of drug-likeness (QED) is 0.779. The molecule has 4 nitrogen and oxygen atoms in total. The average molecular weight is 293 g/mol. The van der Waals surface area contributed by atoms with Gasteiger partial charge in [0.25, 0.3) is 0 Å². The third-order valence-corrected chi connectivity index (χ3v) is 4.54. The van der Waals surface area contributed by atoms with E-state index in [1.54, 1.807) is 0 Å². The molecule has 2 N–H and O–H groups in total. The van der Waals surface area contributed by atoms with Crippen LogP contribution in [0, 0.1) is 0 Å². The Kier molecular flexibility index (Phi) is 3.39. The number of hydrogen-bond donors (Lipinski definition) is 1. The molecule has 1 heterocycles. The van der Waals surface area contributed by atoms with Crippen molar-refractivity contribution in [1.29, 1.82) is 0 Å². The topological polar surface area (TPSA) is 64.9 Å². The van der Waals surface area contributed by atoms with Crippen LogP contribution in [0.2, 0.25) is 0 Å². The van der Waals surface area contributed by atoms with Gasteiger partial charge in [0.1, 0.15) is 0 Å². The van der Waals surface area contributed by atoms with Crippen LogP contribution in [0.5, 0.6) is 0 Å². The van der Waals surface area contributed by atoms with Crippen LogP contribution >= 0.6 is 0 Å². The molecule has 4 rings (SSSR count). The Labute approximate surface area is 129 Å². The monoisotopic (exact) mass is 293 g/mol. The summed E-state index contributed by atoms with van der Waals surface area (Å²) < 4.78 is 5.54. The van der Waals surface area contributed by atoms with Crippen LogP contribution < -0.4 is 5.73 Å². The number of aromatic nitrogens is 2. The lowest BCUT2D eigenvalue weighted by Crippen LogP contribution is -2.26. The predicted octanol–water partition coefficient (Wildman–Crippen LogP) is 3.87. The lowest BCUT2D eigenvalue weighted by Gasteiger charge is -2.23. The maximum atomic E-state index is 6.06. The van der Waals surface area contributed by atoms with Gasteiger partial charge in [-0.3, -0.25) is 0 Å². The molecule has 2 unspecified atom stereocenters. The lowest BCUT2D eigenvalue weighted by molar-refractivity contribution is 0.299. The second kappa shape index (κ2) is 5.54. The van der Waals surface area contributed by atoms with Crippen molar-refractivity contribution in [2.24, 2.45) is 5.73 Å². The minimum atomic E-state index is 0.256. The van der Waals surface area contributed by atoms with Crippen molar-refractivity contribution in [3.05, 3.63) is 48.4 Å².